The summed E-state index contributed by atoms with van der Waals surface area (Å²) in [5, 5.41) is 11.8. The maximum atomic E-state index is 12.2. The Hall–Kier alpha value is -4.05. The Balaban J connectivity index is 2.09. The third-order valence-corrected chi connectivity index (χ3v) is 4.05. The summed E-state index contributed by atoms with van der Waals surface area (Å²) < 4.78 is 16.1. The second-order valence-corrected chi connectivity index (χ2v) is 6.66. The number of nitrogens with one attached hydrogen (secondary N) is 1. The van der Waals surface area contributed by atoms with Crippen LogP contribution in [0.4, 0.5) is 0 Å². The Labute approximate surface area is 181 Å². The summed E-state index contributed by atoms with van der Waals surface area (Å²) in [6.45, 7) is 7.38. The lowest BCUT2D eigenvalue weighted by molar-refractivity contribution is -0.136. The van der Waals surface area contributed by atoms with E-state index in [1.54, 1.807) is 12.1 Å². The van der Waals surface area contributed by atoms with Crippen molar-refractivity contribution in [2.24, 2.45) is 0 Å². The Morgan fingerprint density at radius 2 is 1.84 bits per heavy atom. The van der Waals surface area contributed by atoms with Crippen LogP contribution in [0.25, 0.3) is 6.08 Å². The zero-order valence-electron chi connectivity index (χ0n) is 17.7. The van der Waals surface area contributed by atoms with Crippen molar-refractivity contribution in [1.82, 2.24) is 5.32 Å². The molecule has 0 saturated heterocycles. The largest absolute Gasteiger partial charge is 0.493 e. The summed E-state index contributed by atoms with van der Waals surface area (Å²) in [7, 11) is 1.42. The van der Waals surface area contributed by atoms with E-state index in [1.807, 2.05) is 38.1 Å². The zero-order chi connectivity index (χ0) is 22.8. The lowest BCUT2D eigenvalue weighted by Gasteiger charge is -2.11. The van der Waals surface area contributed by atoms with Gasteiger partial charge in [-0.25, -0.2) is 4.79 Å². The van der Waals surface area contributed by atoms with Crippen molar-refractivity contribution >= 4 is 18.0 Å². The number of hydrogen-bond donors (Lipinski definition) is 1. The average molecular weight is 420 g/mol. The minimum atomic E-state index is -0.595. The first-order valence-electron chi connectivity index (χ1n) is 9.47. The van der Waals surface area contributed by atoms with E-state index in [0.717, 1.165) is 11.1 Å². The van der Waals surface area contributed by atoms with Crippen LogP contribution in [0, 0.1) is 25.2 Å². The molecule has 2 rings (SSSR count). The quantitative estimate of drug-likeness (QED) is 0.219. The molecule has 0 saturated carbocycles. The number of nitriles is 1. The van der Waals surface area contributed by atoms with Crippen LogP contribution < -0.4 is 19.5 Å². The van der Waals surface area contributed by atoms with Gasteiger partial charge in [0.05, 0.1) is 7.11 Å². The number of hydrogen-bond acceptors (Lipinski definition) is 6. The summed E-state index contributed by atoms with van der Waals surface area (Å²) >= 11 is 0. The Morgan fingerprint density at radius 3 is 2.45 bits per heavy atom. The molecule has 31 heavy (non-hydrogen) atoms. The topological polar surface area (TPSA) is 97.7 Å². The van der Waals surface area contributed by atoms with E-state index in [4.69, 9.17) is 14.2 Å². The van der Waals surface area contributed by atoms with Gasteiger partial charge in [0.1, 0.15) is 17.4 Å². The van der Waals surface area contributed by atoms with Gasteiger partial charge in [0.15, 0.2) is 18.1 Å². The second-order valence-electron chi connectivity index (χ2n) is 6.66. The van der Waals surface area contributed by atoms with Crippen molar-refractivity contribution in [2.75, 3.05) is 20.3 Å². The van der Waals surface area contributed by atoms with Crippen LogP contribution in [0.2, 0.25) is 0 Å². The molecule has 7 nitrogen and oxygen atoms in total. The fraction of sp³-hybridized carbons (Fsp3) is 0.208. The number of benzene rings is 2. The van der Waals surface area contributed by atoms with Crippen molar-refractivity contribution in [2.45, 2.75) is 13.8 Å². The van der Waals surface area contributed by atoms with E-state index in [0.29, 0.717) is 11.3 Å². The maximum Gasteiger partial charge on any atom is 0.349 e. The van der Waals surface area contributed by atoms with E-state index in [1.165, 1.54) is 25.3 Å². The summed E-state index contributed by atoms with van der Waals surface area (Å²) in [5.41, 5.74) is 2.52. The first kappa shape index (κ1) is 23.2. The molecule has 0 fully saturated rings. The van der Waals surface area contributed by atoms with Gasteiger partial charge in [-0.3, -0.25) is 4.79 Å². The molecule has 2 aromatic carbocycles. The molecular weight excluding hydrogens is 396 g/mol. The number of carbonyl (C=O) groups is 2. The molecule has 0 aromatic heterocycles. The van der Waals surface area contributed by atoms with Gasteiger partial charge in [-0.2, -0.15) is 5.26 Å². The number of carbonyl (C=O) groups excluding carboxylic acids is 2. The number of rotatable bonds is 9. The second kappa shape index (κ2) is 11.2. The standard InChI is InChI=1S/C24H24N2O5/c1-5-8-26-24(28)19(14-25)12-18-6-7-21(22(13-18)29-4)31-23(27)15-30-20-10-16(2)9-17(3)11-20/h5-7,9-13H,1,8,15H2,2-4H3,(H,26,28). The highest BCUT2D eigenvalue weighted by molar-refractivity contribution is 6.01. The maximum absolute atomic E-state index is 12.2. The highest BCUT2D eigenvalue weighted by atomic mass is 16.6. The van der Waals surface area contributed by atoms with E-state index < -0.39 is 11.9 Å². The highest BCUT2D eigenvalue weighted by Gasteiger charge is 2.13. The van der Waals surface area contributed by atoms with Crippen LogP contribution in [0.3, 0.4) is 0 Å². The first-order chi connectivity index (χ1) is 14.9. The third-order valence-electron chi connectivity index (χ3n) is 4.05. The van der Waals surface area contributed by atoms with Gasteiger partial charge in [0, 0.05) is 6.54 Å². The van der Waals surface area contributed by atoms with Crippen LogP contribution in [0.5, 0.6) is 17.2 Å². The van der Waals surface area contributed by atoms with Gasteiger partial charge >= 0.3 is 5.97 Å². The number of aryl methyl sites for hydroxylation is 2. The van der Waals surface area contributed by atoms with Crippen LogP contribution in [-0.4, -0.2) is 32.1 Å². The van der Waals surface area contributed by atoms with E-state index >= 15 is 0 Å². The molecule has 0 atom stereocenters. The molecule has 0 bridgehead atoms. The highest BCUT2D eigenvalue weighted by Crippen LogP contribution is 2.29. The molecule has 0 aliphatic heterocycles. The predicted octanol–water partition coefficient (Wildman–Crippen LogP) is 3.51. The fourth-order valence-corrected chi connectivity index (χ4v) is 2.74. The number of amides is 1. The monoisotopic (exact) mass is 420 g/mol. The summed E-state index contributed by atoms with van der Waals surface area (Å²) in [5.74, 6) is -0.0519. The van der Waals surface area contributed by atoms with Crippen LogP contribution in [0.15, 0.2) is 54.6 Å². The van der Waals surface area contributed by atoms with E-state index in [2.05, 4.69) is 11.9 Å². The van der Waals surface area contributed by atoms with Gasteiger partial charge in [-0.15, -0.1) is 6.58 Å². The minimum Gasteiger partial charge on any atom is -0.493 e. The Bertz CT molecular complexity index is 1030. The molecule has 0 unspecified atom stereocenters. The molecule has 0 aliphatic carbocycles. The molecule has 0 spiro atoms. The number of methoxy groups -OCH3 is 1. The summed E-state index contributed by atoms with van der Waals surface area (Å²) in [4.78, 5) is 24.2. The molecule has 7 heteroatoms. The van der Waals surface area contributed by atoms with Gasteiger partial charge in [0.25, 0.3) is 5.91 Å². The van der Waals surface area contributed by atoms with Crippen LogP contribution in [-0.2, 0) is 9.59 Å². The first-order valence-corrected chi connectivity index (χ1v) is 9.47. The number of nitrogens with zero attached hydrogens (tertiary/aromatic N) is 1. The molecule has 1 amide bonds. The molecule has 1 N–H and O–H groups in total. The summed E-state index contributed by atoms with van der Waals surface area (Å²) in [6.07, 6.45) is 2.93. The van der Waals surface area contributed by atoms with E-state index in [-0.39, 0.29) is 30.2 Å². The van der Waals surface area contributed by atoms with Gasteiger partial charge in [0.2, 0.25) is 0 Å². The molecule has 0 aliphatic rings. The van der Waals surface area contributed by atoms with Crippen molar-refractivity contribution in [3.05, 3.63) is 71.3 Å². The van der Waals surface area contributed by atoms with Crippen LogP contribution >= 0.6 is 0 Å². The average Bonchev–Trinajstić information content (AvgIpc) is 2.74. The Morgan fingerprint density at radius 1 is 1.13 bits per heavy atom. The number of esters is 1. The Kier molecular flexibility index (Phi) is 8.41. The molecular formula is C24H24N2O5. The number of ether oxygens (including phenoxy) is 3. The van der Waals surface area contributed by atoms with Crippen molar-refractivity contribution in [1.29, 1.82) is 5.26 Å². The lowest BCUT2D eigenvalue weighted by Crippen LogP contribution is -2.24. The normalized spacial score (nSPS) is 10.6. The van der Waals surface area contributed by atoms with Crippen LogP contribution in [0.1, 0.15) is 16.7 Å². The predicted molar refractivity (Wildman–Crippen MR) is 117 cm³/mol. The van der Waals surface area contributed by atoms with E-state index in [9.17, 15) is 14.9 Å². The summed E-state index contributed by atoms with van der Waals surface area (Å²) in [6, 6.07) is 12.2. The van der Waals surface area contributed by atoms with Crippen molar-refractivity contribution in [3.8, 4) is 23.3 Å². The fourth-order valence-electron chi connectivity index (χ4n) is 2.74. The van der Waals surface area contributed by atoms with Crippen molar-refractivity contribution in [3.63, 3.8) is 0 Å². The van der Waals surface area contributed by atoms with Gasteiger partial charge < -0.3 is 19.5 Å². The van der Waals surface area contributed by atoms with Gasteiger partial charge in [-0.05, 0) is 60.9 Å². The lowest BCUT2D eigenvalue weighted by atomic mass is 10.1. The molecule has 160 valence electrons. The third kappa shape index (κ3) is 7.05. The SMILES string of the molecule is C=CCNC(=O)C(C#N)=Cc1ccc(OC(=O)COc2cc(C)cc(C)c2)c(OC)c1. The molecule has 2 aromatic rings. The van der Waals surface area contributed by atoms with Gasteiger partial charge in [-0.1, -0.05) is 18.2 Å². The minimum absolute atomic E-state index is 0.0736. The smallest absolute Gasteiger partial charge is 0.349 e. The zero-order valence-corrected chi connectivity index (χ0v) is 17.7. The molecule has 0 radical (unpaired) electrons. The van der Waals surface area contributed by atoms with Crippen molar-refractivity contribution < 1.29 is 23.8 Å². The molecule has 0 heterocycles.